The second kappa shape index (κ2) is 14.0. The molecular weight excluding hydrogens is 422 g/mol. The van der Waals surface area contributed by atoms with Gasteiger partial charge in [0, 0.05) is 0 Å². The molecule has 0 saturated carbocycles. The van der Waals surface area contributed by atoms with E-state index in [0.717, 1.165) is 0 Å². The fourth-order valence-electron chi connectivity index (χ4n) is 2.77. The van der Waals surface area contributed by atoms with Crippen molar-refractivity contribution in [2.75, 3.05) is 19.7 Å². The molecule has 12 heteroatoms. The molecule has 12 nitrogen and oxygen atoms in total. The Hall–Kier alpha value is -3.22. The lowest BCUT2D eigenvalue weighted by Gasteiger charge is -2.23. The van der Waals surface area contributed by atoms with Gasteiger partial charge in [-0.2, -0.15) is 0 Å². The fraction of sp³-hybridized carbons (Fsp3) is 0.500. The summed E-state index contributed by atoms with van der Waals surface area (Å²) in [4.78, 5) is 47.8. The molecular formula is C20H31N5O7. The van der Waals surface area contributed by atoms with E-state index >= 15 is 0 Å². The summed E-state index contributed by atoms with van der Waals surface area (Å²) in [7, 11) is 0. The van der Waals surface area contributed by atoms with Crippen molar-refractivity contribution in [1.29, 1.82) is 0 Å². The van der Waals surface area contributed by atoms with Crippen LogP contribution < -0.4 is 27.4 Å². The SMILES string of the molecule is NCCCCC(NC(=O)C(CO)NC(=O)C(N)Cc1ccc(O)cc1)C(=O)NCC(=O)O. The first kappa shape index (κ1) is 26.8. The second-order valence-corrected chi connectivity index (χ2v) is 7.18. The van der Waals surface area contributed by atoms with Crippen molar-refractivity contribution in [2.45, 2.75) is 43.8 Å². The van der Waals surface area contributed by atoms with E-state index in [1.54, 1.807) is 12.1 Å². The molecule has 10 N–H and O–H groups in total. The van der Waals surface area contributed by atoms with Gasteiger partial charge in [0.05, 0.1) is 12.6 Å². The van der Waals surface area contributed by atoms with Crippen LogP contribution in [0.3, 0.4) is 0 Å². The highest BCUT2D eigenvalue weighted by molar-refractivity contribution is 5.93. The molecule has 0 radical (unpaired) electrons. The van der Waals surface area contributed by atoms with Crippen LogP contribution in [0.2, 0.25) is 0 Å². The van der Waals surface area contributed by atoms with Crippen LogP contribution in [0, 0.1) is 0 Å². The molecule has 1 aromatic carbocycles. The second-order valence-electron chi connectivity index (χ2n) is 7.18. The largest absolute Gasteiger partial charge is 0.508 e. The lowest BCUT2D eigenvalue weighted by atomic mass is 10.1. The number of aliphatic carboxylic acids is 1. The number of carboxylic acids is 1. The average Bonchev–Trinajstić information content (AvgIpc) is 2.76. The number of aliphatic hydroxyl groups excluding tert-OH is 1. The van der Waals surface area contributed by atoms with Crippen LogP contribution in [0.25, 0.3) is 0 Å². The van der Waals surface area contributed by atoms with Gasteiger partial charge in [-0.3, -0.25) is 19.2 Å². The number of hydrogen-bond donors (Lipinski definition) is 8. The van der Waals surface area contributed by atoms with Gasteiger partial charge in [-0.05, 0) is 49.9 Å². The number of hydrogen-bond acceptors (Lipinski definition) is 8. The van der Waals surface area contributed by atoms with Crippen molar-refractivity contribution in [3.8, 4) is 5.75 Å². The van der Waals surface area contributed by atoms with Crippen molar-refractivity contribution in [2.24, 2.45) is 11.5 Å². The van der Waals surface area contributed by atoms with Crippen molar-refractivity contribution >= 4 is 23.7 Å². The molecule has 3 atom stereocenters. The standard InChI is InChI=1S/C20H31N5O7/c21-8-2-1-3-15(19(31)23-10-17(28)29)24-20(32)16(11-26)25-18(30)14(22)9-12-4-6-13(27)7-5-12/h4-7,14-16,26-27H,1-3,8-11,21-22H2,(H,23,31)(H,24,32)(H,25,30)(H,28,29). The highest BCUT2D eigenvalue weighted by Crippen LogP contribution is 2.11. The molecule has 0 aliphatic rings. The quantitative estimate of drug-likeness (QED) is 0.140. The summed E-state index contributed by atoms with van der Waals surface area (Å²) in [6.45, 7) is -0.976. The molecule has 3 unspecified atom stereocenters. The Labute approximate surface area is 185 Å². The number of phenolic OH excluding ortho intramolecular Hbond substituents is 1. The van der Waals surface area contributed by atoms with Crippen molar-refractivity contribution in [3.05, 3.63) is 29.8 Å². The summed E-state index contributed by atoms with van der Waals surface area (Å²) >= 11 is 0. The van der Waals surface area contributed by atoms with E-state index in [4.69, 9.17) is 16.6 Å². The molecule has 0 saturated heterocycles. The van der Waals surface area contributed by atoms with Crippen LogP contribution in [-0.4, -0.2) is 76.8 Å². The number of rotatable bonds is 14. The number of unbranched alkanes of at least 4 members (excludes halogenated alkanes) is 1. The van der Waals surface area contributed by atoms with E-state index in [1.807, 2.05) is 0 Å². The summed E-state index contributed by atoms with van der Waals surface area (Å²) in [5.41, 5.74) is 12.0. The monoisotopic (exact) mass is 453 g/mol. The maximum atomic E-state index is 12.5. The van der Waals surface area contributed by atoms with Crippen LogP contribution in [0.15, 0.2) is 24.3 Å². The van der Waals surface area contributed by atoms with Crippen LogP contribution in [0.5, 0.6) is 5.75 Å². The van der Waals surface area contributed by atoms with Gasteiger partial charge in [-0.15, -0.1) is 0 Å². The normalized spacial score (nSPS) is 13.5. The van der Waals surface area contributed by atoms with Crippen LogP contribution >= 0.6 is 0 Å². The Morgan fingerprint density at radius 3 is 2.12 bits per heavy atom. The molecule has 0 aliphatic carbocycles. The fourth-order valence-corrected chi connectivity index (χ4v) is 2.77. The van der Waals surface area contributed by atoms with Gasteiger partial charge in [-0.25, -0.2) is 0 Å². The minimum absolute atomic E-state index is 0.0668. The Morgan fingerprint density at radius 2 is 1.56 bits per heavy atom. The van der Waals surface area contributed by atoms with Gasteiger partial charge in [0.2, 0.25) is 17.7 Å². The van der Waals surface area contributed by atoms with Gasteiger partial charge < -0.3 is 42.7 Å². The summed E-state index contributed by atoms with van der Waals surface area (Å²) in [6.07, 6.45) is 1.41. The number of nitrogens with two attached hydrogens (primary N) is 2. The summed E-state index contributed by atoms with van der Waals surface area (Å²) in [6, 6.07) is 2.64. The van der Waals surface area contributed by atoms with E-state index in [-0.39, 0.29) is 18.6 Å². The lowest BCUT2D eigenvalue weighted by molar-refractivity contribution is -0.138. The van der Waals surface area contributed by atoms with Gasteiger partial charge in [-0.1, -0.05) is 12.1 Å². The molecule has 32 heavy (non-hydrogen) atoms. The van der Waals surface area contributed by atoms with E-state index in [9.17, 15) is 29.4 Å². The topological polar surface area (TPSA) is 217 Å². The molecule has 0 spiro atoms. The zero-order valence-corrected chi connectivity index (χ0v) is 17.6. The number of carboxylic acid groups (broad SMARTS) is 1. The Kier molecular flexibility index (Phi) is 11.7. The van der Waals surface area contributed by atoms with Crippen molar-refractivity contribution in [1.82, 2.24) is 16.0 Å². The van der Waals surface area contributed by atoms with Crippen LogP contribution in [-0.2, 0) is 25.6 Å². The molecule has 1 rings (SSSR count). The van der Waals surface area contributed by atoms with E-state index < -0.39 is 55.0 Å². The highest BCUT2D eigenvalue weighted by Gasteiger charge is 2.27. The Morgan fingerprint density at radius 1 is 0.938 bits per heavy atom. The smallest absolute Gasteiger partial charge is 0.322 e. The maximum Gasteiger partial charge on any atom is 0.322 e. The molecule has 3 amide bonds. The van der Waals surface area contributed by atoms with E-state index in [2.05, 4.69) is 16.0 Å². The minimum atomic E-state index is -1.36. The van der Waals surface area contributed by atoms with Gasteiger partial charge in [0.15, 0.2) is 0 Å². The van der Waals surface area contributed by atoms with Crippen molar-refractivity contribution in [3.63, 3.8) is 0 Å². The molecule has 0 bridgehead atoms. The summed E-state index contributed by atoms with van der Waals surface area (Å²) in [5, 5.41) is 34.5. The van der Waals surface area contributed by atoms with Crippen molar-refractivity contribution < 1.29 is 34.5 Å². The predicted molar refractivity (Wildman–Crippen MR) is 114 cm³/mol. The minimum Gasteiger partial charge on any atom is -0.508 e. The third kappa shape index (κ3) is 9.73. The van der Waals surface area contributed by atoms with E-state index in [1.165, 1.54) is 12.1 Å². The summed E-state index contributed by atoms with van der Waals surface area (Å²) < 4.78 is 0. The zero-order valence-electron chi connectivity index (χ0n) is 17.6. The van der Waals surface area contributed by atoms with Crippen LogP contribution in [0.1, 0.15) is 24.8 Å². The number of carbonyl (C=O) groups excluding carboxylic acids is 3. The number of amides is 3. The third-order valence-electron chi connectivity index (χ3n) is 4.54. The van der Waals surface area contributed by atoms with Crippen LogP contribution in [0.4, 0.5) is 0 Å². The lowest BCUT2D eigenvalue weighted by Crippen LogP contribution is -2.57. The maximum absolute atomic E-state index is 12.5. The first-order valence-corrected chi connectivity index (χ1v) is 10.1. The molecule has 0 aromatic heterocycles. The molecule has 178 valence electrons. The number of benzene rings is 1. The third-order valence-corrected chi connectivity index (χ3v) is 4.54. The van der Waals surface area contributed by atoms with Gasteiger partial charge >= 0.3 is 5.97 Å². The number of aromatic hydroxyl groups is 1. The Bertz CT molecular complexity index is 772. The zero-order chi connectivity index (χ0) is 24.1. The average molecular weight is 453 g/mol. The Balaban J connectivity index is 2.72. The number of phenols is 1. The van der Waals surface area contributed by atoms with Gasteiger partial charge in [0.25, 0.3) is 0 Å². The molecule has 0 aliphatic heterocycles. The first-order chi connectivity index (χ1) is 15.2. The van der Waals surface area contributed by atoms with E-state index in [0.29, 0.717) is 24.9 Å². The van der Waals surface area contributed by atoms with Gasteiger partial charge in [0.1, 0.15) is 24.4 Å². The number of carbonyl (C=O) groups is 4. The summed E-state index contributed by atoms with van der Waals surface area (Å²) in [5.74, 6) is -3.39. The first-order valence-electron chi connectivity index (χ1n) is 10.1. The molecule has 0 heterocycles. The highest BCUT2D eigenvalue weighted by atomic mass is 16.4. The predicted octanol–water partition coefficient (Wildman–Crippen LogP) is -2.45. The molecule has 1 aromatic rings. The molecule has 0 fully saturated rings. The number of aliphatic hydroxyl groups is 1. The number of nitrogens with one attached hydrogen (secondary N) is 3.